The van der Waals surface area contributed by atoms with Crippen LogP contribution >= 0.6 is 12.4 Å². The maximum atomic E-state index is 13.0. The lowest BCUT2D eigenvalue weighted by Gasteiger charge is -2.23. The first-order valence-electron chi connectivity index (χ1n) is 8.18. The van der Waals surface area contributed by atoms with Crippen molar-refractivity contribution in [1.29, 1.82) is 0 Å². The molecule has 0 aliphatic carbocycles. The zero-order chi connectivity index (χ0) is 16.4. The molecular formula is C20H25ClN2O. The van der Waals surface area contributed by atoms with Crippen LogP contribution in [0.1, 0.15) is 42.3 Å². The average molecular weight is 345 g/mol. The Bertz CT molecular complexity index is 704. The number of nitrogens with zero attached hydrogens (tertiary/aromatic N) is 1. The number of carbonyl (C=O) groups excluding carboxylic acids is 1. The molecule has 0 atom stereocenters. The van der Waals surface area contributed by atoms with Crippen LogP contribution in [0.15, 0.2) is 48.5 Å². The molecule has 0 fully saturated rings. The minimum Gasteiger partial charge on any atom is -0.311 e. The Balaban J connectivity index is 0.00000208. The van der Waals surface area contributed by atoms with E-state index in [0.29, 0.717) is 6.54 Å². The first-order valence-corrected chi connectivity index (χ1v) is 8.18. The van der Waals surface area contributed by atoms with Gasteiger partial charge in [0.2, 0.25) is 0 Å². The fraction of sp³-hybridized carbons (Fsp3) is 0.350. The molecule has 1 aliphatic rings. The van der Waals surface area contributed by atoms with Gasteiger partial charge in [-0.3, -0.25) is 4.79 Å². The summed E-state index contributed by atoms with van der Waals surface area (Å²) in [5.74, 6) is 0.0709. The molecule has 128 valence electrons. The Hall–Kier alpha value is -1.84. The summed E-state index contributed by atoms with van der Waals surface area (Å²) < 4.78 is 0. The summed E-state index contributed by atoms with van der Waals surface area (Å²) in [6.45, 7) is 8.85. The molecule has 2 aromatic rings. The van der Waals surface area contributed by atoms with Crippen molar-refractivity contribution >= 4 is 24.0 Å². The van der Waals surface area contributed by atoms with E-state index in [1.165, 1.54) is 11.1 Å². The minimum absolute atomic E-state index is 0. The van der Waals surface area contributed by atoms with Gasteiger partial charge in [0.15, 0.2) is 0 Å². The number of fused-ring (bicyclic) bond motifs is 1. The Morgan fingerprint density at radius 3 is 2.38 bits per heavy atom. The number of nitrogens with one attached hydrogen (secondary N) is 1. The molecule has 0 saturated carbocycles. The van der Waals surface area contributed by atoms with E-state index >= 15 is 0 Å². The summed E-state index contributed by atoms with van der Waals surface area (Å²) in [7, 11) is 0. The van der Waals surface area contributed by atoms with E-state index in [1.807, 2.05) is 35.2 Å². The highest BCUT2D eigenvalue weighted by atomic mass is 35.5. The van der Waals surface area contributed by atoms with Gasteiger partial charge in [-0.15, -0.1) is 12.4 Å². The molecule has 1 heterocycles. The van der Waals surface area contributed by atoms with Crippen molar-refractivity contribution in [3.63, 3.8) is 0 Å². The van der Waals surface area contributed by atoms with Crippen molar-refractivity contribution in [2.75, 3.05) is 18.0 Å². The third kappa shape index (κ3) is 3.80. The minimum atomic E-state index is 0. The number of carbonyl (C=O) groups is 1. The molecule has 0 unspecified atom stereocenters. The van der Waals surface area contributed by atoms with Crippen LogP contribution in [-0.4, -0.2) is 19.0 Å². The molecule has 0 radical (unpaired) electrons. The normalized spacial score (nSPS) is 14.4. The number of para-hydroxylation sites is 1. The Kier molecular flexibility index (Phi) is 5.68. The number of rotatable bonds is 1. The Labute approximate surface area is 150 Å². The molecule has 24 heavy (non-hydrogen) atoms. The summed E-state index contributed by atoms with van der Waals surface area (Å²) in [5.41, 5.74) is 4.27. The van der Waals surface area contributed by atoms with Crippen molar-refractivity contribution in [3.05, 3.63) is 65.2 Å². The van der Waals surface area contributed by atoms with E-state index in [4.69, 9.17) is 0 Å². The monoisotopic (exact) mass is 344 g/mol. The van der Waals surface area contributed by atoms with Gasteiger partial charge < -0.3 is 10.2 Å². The van der Waals surface area contributed by atoms with Crippen LogP contribution in [0.4, 0.5) is 5.69 Å². The van der Waals surface area contributed by atoms with E-state index in [2.05, 4.69) is 44.3 Å². The number of benzene rings is 2. The van der Waals surface area contributed by atoms with Crippen LogP contribution in [-0.2, 0) is 12.0 Å². The van der Waals surface area contributed by atoms with Gasteiger partial charge in [-0.1, -0.05) is 51.1 Å². The highest BCUT2D eigenvalue weighted by Crippen LogP contribution is 2.26. The second-order valence-corrected chi connectivity index (χ2v) is 7.09. The standard InChI is InChI=1S/C20H24N2O.ClH/c1-20(2,3)17-10-8-15(9-11-17)19(23)22-13-12-21-14-16-6-4-5-7-18(16)22;/h4-11,21H,12-14H2,1-3H3;1H. The molecule has 1 N–H and O–H groups in total. The summed E-state index contributed by atoms with van der Waals surface area (Å²) in [6, 6.07) is 16.2. The molecule has 3 nitrogen and oxygen atoms in total. The zero-order valence-corrected chi connectivity index (χ0v) is 15.3. The summed E-state index contributed by atoms with van der Waals surface area (Å²) in [4.78, 5) is 14.9. The molecule has 0 aromatic heterocycles. The SMILES string of the molecule is CC(C)(C)c1ccc(C(=O)N2CCNCc3ccccc32)cc1.Cl. The average Bonchev–Trinajstić information content (AvgIpc) is 2.76. The molecule has 3 rings (SSSR count). The van der Waals surface area contributed by atoms with Crippen molar-refractivity contribution in [1.82, 2.24) is 5.32 Å². The summed E-state index contributed by atoms with van der Waals surface area (Å²) >= 11 is 0. The molecule has 2 aromatic carbocycles. The lowest BCUT2D eigenvalue weighted by Crippen LogP contribution is -2.34. The van der Waals surface area contributed by atoms with Crippen molar-refractivity contribution < 1.29 is 4.79 Å². The first-order chi connectivity index (χ1) is 11.0. The lowest BCUT2D eigenvalue weighted by molar-refractivity contribution is 0.0987. The summed E-state index contributed by atoms with van der Waals surface area (Å²) in [6.07, 6.45) is 0. The Morgan fingerprint density at radius 1 is 1.04 bits per heavy atom. The van der Waals surface area contributed by atoms with Gasteiger partial charge in [0.1, 0.15) is 0 Å². The maximum absolute atomic E-state index is 13.0. The smallest absolute Gasteiger partial charge is 0.258 e. The number of halogens is 1. The van der Waals surface area contributed by atoms with E-state index in [1.54, 1.807) is 0 Å². The molecule has 0 bridgehead atoms. The number of hydrogen-bond acceptors (Lipinski definition) is 2. The van der Waals surface area contributed by atoms with Gasteiger partial charge in [0.25, 0.3) is 5.91 Å². The van der Waals surface area contributed by atoms with Crippen LogP contribution in [0.2, 0.25) is 0 Å². The maximum Gasteiger partial charge on any atom is 0.258 e. The molecule has 4 heteroatoms. The van der Waals surface area contributed by atoms with Crippen LogP contribution in [0.3, 0.4) is 0 Å². The fourth-order valence-electron chi connectivity index (χ4n) is 2.94. The van der Waals surface area contributed by atoms with Crippen molar-refractivity contribution in [3.8, 4) is 0 Å². The van der Waals surface area contributed by atoms with Crippen LogP contribution in [0.5, 0.6) is 0 Å². The van der Waals surface area contributed by atoms with E-state index in [-0.39, 0.29) is 23.7 Å². The number of anilines is 1. The third-order valence-corrected chi connectivity index (χ3v) is 4.35. The topological polar surface area (TPSA) is 32.3 Å². The molecule has 1 aliphatic heterocycles. The quantitative estimate of drug-likeness (QED) is 0.842. The van der Waals surface area contributed by atoms with Crippen LogP contribution in [0, 0.1) is 0 Å². The lowest BCUT2D eigenvalue weighted by atomic mass is 9.86. The zero-order valence-electron chi connectivity index (χ0n) is 14.5. The molecule has 0 spiro atoms. The van der Waals surface area contributed by atoms with E-state index < -0.39 is 0 Å². The van der Waals surface area contributed by atoms with Gasteiger partial charge in [-0.2, -0.15) is 0 Å². The highest BCUT2D eigenvalue weighted by Gasteiger charge is 2.22. The fourth-order valence-corrected chi connectivity index (χ4v) is 2.94. The molecule has 0 saturated heterocycles. The second-order valence-electron chi connectivity index (χ2n) is 7.09. The Morgan fingerprint density at radius 2 is 1.71 bits per heavy atom. The van der Waals surface area contributed by atoms with Gasteiger partial charge >= 0.3 is 0 Å². The predicted octanol–water partition coefficient (Wildman–Crippen LogP) is 4.16. The van der Waals surface area contributed by atoms with Gasteiger partial charge in [-0.05, 0) is 34.7 Å². The summed E-state index contributed by atoms with van der Waals surface area (Å²) in [5, 5.41) is 3.37. The van der Waals surface area contributed by atoms with E-state index in [9.17, 15) is 4.79 Å². The molecular weight excluding hydrogens is 320 g/mol. The predicted molar refractivity (Wildman–Crippen MR) is 102 cm³/mol. The first kappa shape index (κ1) is 18.5. The van der Waals surface area contributed by atoms with Gasteiger partial charge in [-0.25, -0.2) is 0 Å². The van der Waals surface area contributed by atoms with Crippen LogP contribution in [0.25, 0.3) is 0 Å². The van der Waals surface area contributed by atoms with Gasteiger partial charge in [0.05, 0.1) is 0 Å². The number of amides is 1. The second kappa shape index (κ2) is 7.37. The highest BCUT2D eigenvalue weighted by molar-refractivity contribution is 6.06. The largest absolute Gasteiger partial charge is 0.311 e. The van der Waals surface area contributed by atoms with Gasteiger partial charge in [0, 0.05) is 30.9 Å². The molecule has 1 amide bonds. The third-order valence-electron chi connectivity index (χ3n) is 4.35. The van der Waals surface area contributed by atoms with Crippen molar-refractivity contribution in [2.45, 2.75) is 32.7 Å². The van der Waals surface area contributed by atoms with Crippen LogP contribution < -0.4 is 10.2 Å². The van der Waals surface area contributed by atoms with E-state index in [0.717, 1.165) is 24.3 Å². The van der Waals surface area contributed by atoms with Crippen molar-refractivity contribution in [2.24, 2.45) is 0 Å². The number of hydrogen-bond donors (Lipinski definition) is 1.